The van der Waals surface area contributed by atoms with Gasteiger partial charge in [0.15, 0.2) is 0 Å². The molecule has 4 heteroatoms. The van der Waals surface area contributed by atoms with Crippen LogP contribution in [0, 0.1) is 0 Å². The molecule has 1 saturated heterocycles. The lowest BCUT2D eigenvalue weighted by atomic mass is 10.1. The SMILES string of the molecule is C[C@@H](NCCn1ccnc1)c1cccc(N2CCCC2)c1. The molecule has 0 spiro atoms. The smallest absolute Gasteiger partial charge is 0.0946 e. The lowest BCUT2D eigenvalue weighted by Crippen LogP contribution is -2.23. The van der Waals surface area contributed by atoms with Gasteiger partial charge in [-0.2, -0.15) is 0 Å². The minimum atomic E-state index is 0.371. The Morgan fingerprint density at radius 3 is 2.90 bits per heavy atom. The van der Waals surface area contributed by atoms with Crippen LogP contribution in [0.25, 0.3) is 0 Å². The third-order valence-corrected chi connectivity index (χ3v) is 4.22. The van der Waals surface area contributed by atoms with E-state index in [2.05, 4.69) is 51.0 Å². The maximum absolute atomic E-state index is 4.06. The highest BCUT2D eigenvalue weighted by molar-refractivity contribution is 5.49. The van der Waals surface area contributed by atoms with E-state index in [0.29, 0.717) is 6.04 Å². The molecule has 21 heavy (non-hydrogen) atoms. The standard InChI is InChI=1S/C17H24N4/c1-15(19-8-12-20-11-7-18-14-20)16-5-4-6-17(13-16)21-9-2-3-10-21/h4-7,11,13-15,19H,2-3,8-10,12H2,1H3/t15-/m1/s1. The van der Waals surface area contributed by atoms with Gasteiger partial charge in [-0.3, -0.25) is 0 Å². The van der Waals surface area contributed by atoms with E-state index < -0.39 is 0 Å². The van der Waals surface area contributed by atoms with E-state index in [1.54, 1.807) is 0 Å². The highest BCUT2D eigenvalue weighted by atomic mass is 15.1. The zero-order valence-electron chi connectivity index (χ0n) is 12.7. The second-order valence-corrected chi connectivity index (χ2v) is 5.77. The normalized spacial score (nSPS) is 16.3. The topological polar surface area (TPSA) is 33.1 Å². The van der Waals surface area contributed by atoms with Crippen molar-refractivity contribution in [2.24, 2.45) is 0 Å². The Balaban J connectivity index is 1.56. The minimum Gasteiger partial charge on any atom is -0.372 e. The molecule has 2 aromatic rings. The summed E-state index contributed by atoms with van der Waals surface area (Å²) < 4.78 is 2.10. The van der Waals surface area contributed by atoms with E-state index >= 15 is 0 Å². The van der Waals surface area contributed by atoms with Gasteiger partial charge in [0, 0.05) is 50.3 Å². The molecule has 3 rings (SSSR count). The first-order valence-corrected chi connectivity index (χ1v) is 7.87. The summed E-state index contributed by atoms with van der Waals surface area (Å²) in [7, 11) is 0. The molecule has 2 heterocycles. The molecule has 112 valence electrons. The molecule has 0 amide bonds. The molecule has 4 nitrogen and oxygen atoms in total. The molecule has 1 aromatic heterocycles. The fourth-order valence-corrected chi connectivity index (χ4v) is 2.91. The van der Waals surface area contributed by atoms with Gasteiger partial charge in [0.25, 0.3) is 0 Å². The number of imidazole rings is 1. The highest BCUT2D eigenvalue weighted by Gasteiger charge is 2.13. The van der Waals surface area contributed by atoms with Crippen LogP contribution >= 0.6 is 0 Å². The predicted octanol–water partition coefficient (Wildman–Crippen LogP) is 2.83. The Morgan fingerprint density at radius 2 is 2.14 bits per heavy atom. The van der Waals surface area contributed by atoms with Gasteiger partial charge in [-0.05, 0) is 37.5 Å². The second kappa shape index (κ2) is 6.76. The van der Waals surface area contributed by atoms with E-state index in [9.17, 15) is 0 Å². The molecule has 1 aromatic carbocycles. The first-order chi connectivity index (χ1) is 10.3. The van der Waals surface area contributed by atoms with Crippen LogP contribution in [-0.2, 0) is 6.54 Å². The fourth-order valence-electron chi connectivity index (χ4n) is 2.91. The lowest BCUT2D eigenvalue weighted by molar-refractivity contribution is 0.531. The molecule has 0 bridgehead atoms. The summed E-state index contributed by atoms with van der Waals surface area (Å²) in [6.45, 7) is 6.54. The second-order valence-electron chi connectivity index (χ2n) is 5.77. The molecule has 0 aliphatic carbocycles. The van der Waals surface area contributed by atoms with E-state index in [-0.39, 0.29) is 0 Å². The summed E-state index contributed by atoms with van der Waals surface area (Å²) in [5.74, 6) is 0. The van der Waals surface area contributed by atoms with Gasteiger partial charge in [0.1, 0.15) is 0 Å². The average Bonchev–Trinajstić information content (AvgIpc) is 3.21. The summed E-state index contributed by atoms with van der Waals surface area (Å²) in [5.41, 5.74) is 2.73. The van der Waals surface area contributed by atoms with Crippen molar-refractivity contribution in [1.29, 1.82) is 0 Å². The maximum Gasteiger partial charge on any atom is 0.0946 e. The van der Waals surface area contributed by atoms with Crippen molar-refractivity contribution in [3.8, 4) is 0 Å². The zero-order chi connectivity index (χ0) is 14.5. The lowest BCUT2D eigenvalue weighted by Gasteiger charge is -2.21. The monoisotopic (exact) mass is 284 g/mol. The molecule has 0 radical (unpaired) electrons. The van der Waals surface area contributed by atoms with E-state index in [1.165, 1.54) is 37.2 Å². The van der Waals surface area contributed by atoms with Crippen molar-refractivity contribution in [3.05, 3.63) is 48.5 Å². The van der Waals surface area contributed by atoms with Crippen LogP contribution in [0.3, 0.4) is 0 Å². The molecule has 1 aliphatic heterocycles. The predicted molar refractivity (Wildman–Crippen MR) is 86.5 cm³/mol. The van der Waals surface area contributed by atoms with Crippen LogP contribution in [0.15, 0.2) is 43.0 Å². The fraction of sp³-hybridized carbons (Fsp3) is 0.471. The van der Waals surface area contributed by atoms with Crippen LogP contribution in [-0.4, -0.2) is 29.2 Å². The molecular formula is C17H24N4. The van der Waals surface area contributed by atoms with Crippen molar-refractivity contribution in [3.63, 3.8) is 0 Å². The van der Waals surface area contributed by atoms with Gasteiger partial charge in [0.2, 0.25) is 0 Å². The molecule has 1 aliphatic rings. The Morgan fingerprint density at radius 1 is 1.29 bits per heavy atom. The van der Waals surface area contributed by atoms with Crippen LogP contribution in [0.2, 0.25) is 0 Å². The van der Waals surface area contributed by atoms with Gasteiger partial charge in [0.05, 0.1) is 6.33 Å². The third-order valence-electron chi connectivity index (χ3n) is 4.22. The van der Waals surface area contributed by atoms with Gasteiger partial charge in [-0.1, -0.05) is 12.1 Å². The van der Waals surface area contributed by atoms with Crippen LogP contribution in [0.1, 0.15) is 31.4 Å². The van der Waals surface area contributed by atoms with Gasteiger partial charge >= 0.3 is 0 Å². The van der Waals surface area contributed by atoms with E-state index in [1.807, 2.05) is 18.7 Å². The van der Waals surface area contributed by atoms with Gasteiger partial charge in [-0.25, -0.2) is 4.98 Å². The molecule has 1 fully saturated rings. The molecular weight excluding hydrogens is 260 g/mol. The van der Waals surface area contributed by atoms with Crippen LogP contribution < -0.4 is 10.2 Å². The Bertz CT molecular complexity index is 544. The third kappa shape index (κ3) is 3.64. The molecule has 1 N–H and O–H groups in total. The van der Waals surface area contributed by atoms with Crippen molar-refractivity contribution >= 4 is 5.69 Å². The molecule has 0 unspecified atom stereocenters. The summed E-state index contributed by atoms with van der Waals surface area (Å²) in [5, 5.41) is 3.59. The van der Waals surface area contributed by atoms with E-state index in [4.69, 9.17) is 0 Å². The number of hydrogen-bond donors (Lipinski definition) is 1. The molecule has 0 saturated carbocycles. The number of aromatic nitrogens is 2. The Hall–Kier alpha value is -1.81. The number of rotatable bonds is 6. The van der Waals surface area contributed by atoms with Crippen molar-refractivity contribution < 1.29 is 0 Å². The van der Waals surface area contributed by atoms with E-state index in [0.717, 1.165) is 13.1 Å². The minimum absolute atomic E-state index is 0.371. The van der Waals surface area contributed by atoms with Crippen LogP contribution in [0.4, 0.5) is 5.69 Å². The van der Waals surface area contributed by atoms with Crippen molar-refractivity contribution in [2.45, 2.75) is 32.4 Å². The van der Waals surface area contributed by atoms with Gasteiger partial charge in [-0.15, -0.1) is 0 Å². The largest absolute Gasteiger partial charge is 0.372 e. The quantitative estimate of drug-likeness (QED) is 0.885. The summed E-state index contributed by atoms with van der Waals surface area (Å²) in [6.07, 6.45) is 8.33. The number of hydrogen-bond acceptors (Lipinski definition) is 3. The highest BCUT2D eigenvalue weighted by Crippen LogP contribution is 2.23. The number of anilines is 1. The Kier molecular flexibility index (Phi) is 4.55. The number of nitrogens with one attached hydrogen (secondary N) is 1. The average molecular weight is 284 g/mol. The summed E-state index contributed by atoms with van der Waals surface area (Å²) >= 11 is 0. The molecule has 1 atom stereocenters. The summed E-state index contributed by atoms with van der Waals surface area (Å²) in [6, 6.07) is 9.33. The van der Waals surface area contributed by atoms with Gasteiger partial charge < -0.3 is 14.8 Å². The Labute approximate surface area is 126 Å². The van der Waals surface area contributed by atoms with Crippen molar-refractivity contribution in [1.82, 2.24) is 14.9 Å². The number of benzene rings is 1. The maximum atomic E-state index is 4.06. The first kappa shape index (κ1) is 14.1. The first-order valence-electron chi connectivity index (χ1n) is 7.87. The number of nitrogens with zero attached hydrogens (tertiary/aromatic N) is 3. The zero-order valence-corrected chi connectivity index (χ0v) is 12.7. The van der Waals surface area contributed by atoms with Crippen LogP contribution in [0.5, 0.6) is 0 Å². The summed E-state index contributed by atoms with van der Waals surface area (Å²) in [4.78, 5) is 6.55. The van der Waals surface area contributed by atoms with Crippen molar-refractivity contribution in [2.75, 3.05) is 24.5 Å².